The van der Waals surface area contributed by atoms with Crippen LogP contribution in [-0.2, 0) is 12.8 Å². The number of phenols is 1. The van der Waals surface area contributed by atoms with Crippen molar-refractivity contribution in [1.29, 1.82) is 0 Å². The number of phenolic OH excluding ortho intramolecular Hbond substituents is 1. The fraction of sp³-hybridized carbons (Fsp3) is 0.0575. The number of hydrogen-bond acceptors (Lipinski definition) is 8. The van der Waals surface area contributed by atoms with Gasteiger partial charge in [-0.1, -0.05) is 157 Å². The Morgan fingerprint density at radius 2 is 0.777 bits per heavy atom. The molecule has 13 nitrogen and oxygen atoms in total. The Hall–Kier alpha value is -11.5. The predicted octanol–water partition coefficient (Wildman–Crippen LogP) is 23.1. The molecular weight excluding hydrogens is 1510 g/mol. The van der Waals surface area contributed by atoms with Gasteiger partial charge in [0.05, 0.1) is 56.9 Å². The number of carbonyl (C=O) groups is 1. The summed E-state index contributed by atoms with van der Waals surface area (Å²) in [6.07, 6.45) is 9.06. The standard InChI is InChI=1S/C40H28N4O.C23H18N2O.C17H11BrN2.C6H5NO2.CH4.Cu.HI/c1-25-10-9-11-26(2)39(25)37-24-42-40-33-22-27(17-19-29(33)30-12-3-6-15-35(30)44(37)40)45-28-18-20-32-31-13-4-5-14-34(31)43(36(32)23-28)38-16-7-8-21-41-38;1-14-6-5-7-15(2)22(14)21-13-24-23-19-12-16(26)10-11-17(19)18-8-3-4-9-20(18)25(21)23;18-12-8-9-14-13-5-1-2-6-15(13)20(16(14)11-12)17-7-3-4-10-19-17;8-6(9)5-3-1-2-4-7-5;;;/h3-24H,1-2H3;3-13,26H,1-2H3;1-11H;1-4H,(H,8,9);1H4;;1H/q;;;;;+1;/p-1. The zero-order valence-electron chi connectivity index (χ0n) is 55.5. The van der Waals surface area contributed by atoms with Crippen molar-refractivity contribution in [1.82, 2.24) is 42.9 Å². The van der Waals surface area contributed by atoms with Gasteiger partial charge >= 0.3 is 39.1 Å². The van der Waals surface area contributed by atoms with Crippen molar-refractivity contribution in [2.75, 3.05) is 0 Å². The molecule has 19 aromatic rings. The van der Waals surface area contributed by atoms with E-state index in [0.717, 1.165) is 105 Å². The van der Waals surface area contributed by atoms with Gasteiger partial charge in [0, 0.05) is 83.3 Å². The number of carboxylic acid groups (broad SMARTS) is 1. The fourth-order valence-corrected chi connectivity index (χ4v) is 14.5. The van der Waals surface area contributed by atoms with Crippen LogP contribution in [0, 0.1) is 27.7 Å². The van der Waals surface area contributed by atoms with Crippen LogP contribution in [0.2, 0.25) is 0 Å². The molecule has 103 heavy (non-hydrogen) atoms. The average molecular weight is 1570 g/mol. The second-order valence-electron chi connectivity index (χ2n) is 24.7. The number of nitrogens with zero attached hydrogens (tertiary/aromatic N) is 9. The summed E-state index contributed by atoms with van der Waals surface area (Å²) in [6.45, 7) is 8.61. The summed E-state index contributed by atoms with van der Waals surface area (Å²) >= 11 is 9.43. The number of benzene rings is 10. The van der Waals surface area contributed by atoms with E-state index >= 15 is 0 Å². The summed E-state index contributed by atoms with van der Waals surface area (Å²) in [7, 11) is 0. The monoisotopic (exact) mass is 1570 g/mol. The molecule has 0 aliphatic heterocycles. The van der Waals surface area contributed by atoms with E-state index in [0.29, 0.717) is 0 Å². The minimum atomic E-state index is -0.990. The van der Waals surface area contributed by atoms with Gasteiger partial charge in [-0.15, -0.1) is 0 Å². The molecule has 9 heterocycles. The van der Waals surface area contributed by atoms with E-state index in [1.807, 2.05) is 73.3 Å². The van der Waals surface area contributed by atoms with Crippen LogP contribution in [0.25, 0.3) is 132 Å². The molecule has 0 saturated carbocycles. The number of para-hydroxylation sites is 4. The molecule has 0 atom stereocenters. The van der Waals surface area contributed by atoms with Crippen LogP contribution in [0.15, 0.2) is 296 Å². The van der Waals surface area contributed by atoms with E-state index in [4.69, 9.17) is 19.8 Å². The van der Waals surface area contributed by atoms with Crippen LogP contribution in [0.1, 0.15) is 40.2 Å². The molecule has 0 bridgehead atoms. The maximum absolute atomic E-state index is 10.1. The van der Waals surface area contributed by atoms with E-state index in [2.05, 4.69) is 271 Å². The van der Waals surface area contributed by atoms with Gasteiger partial charge in [-0.2, -0.15) is 0 Å². The van der Waals surface area contributed by atoms with Gasteiger partial charge in [0.2, 0.25) is 0 Å². The molecule has 0 radical (unpaired) electrons. The number of hydrogen-bond donors (Lipinski definition) is 2. The molecule has 2 N–H and O–H groups in total. The van der Waals surface area contributed by atoms with E-state index in [-0.39, 0.29) is 18.9 Å². The predicted molar refractivity (Wildman–Crippen MR) is 429 cm³/mol. The molecule has 0 unspecified atom stereocenters. The van der Waals surface area contributed by atoms with E-state index in [1.54, 1.807) is 44.6 Å². The number of aromatic carboxylic acids is 1. The van der Waals surface area contributed by atoms with Gasteiger partial charge in [0.1, 0.15) is 45.9 Å². The van der Waals surface area contributed by atoms with Gasteiger partial charge in [-0.3, -0.25) is 17.9 Å². The molecule has 0 amide bonds. The van der Waals surface area contributed by atoms with Crippen molar-refractivity contribution in [3.8, 4) is 51.4 Å². The average Bonchev–Trinajstić information content (AvgIpc) is 1.70. The minimum absolute atomic E-state index is 0. The van der Waals surface area contributed by atoms with Crippen LogP contribution in [0.5, 0.6) is 17.2 Å². The molecule has 0 spiro atoms. The summed E-state index contributed by atoms with van der Waals surface area (Å²) in [5.74, 6) is 2.60. The molecule has 19 rings (SSSR count). The van der Waals surface area contributed by atoms with Crippen LogP contribution in [0.3, 0.4) is 0 Å². The Bertz CT molecular complexity index is 6360. The third kappa shape index (κ3) is 12.9. The van der Waals surface area contributed by atoms with Crippen LogP contribution >= 0.6 is 36.3 Å². The molecule has 508 valence electrons. The number of aromatic nitrogens is 9. The van der Waals surface area contributed by atoms with Gasteiger partial charge in [0.25, 0.3) is 0 Å². The number of carboxylic acids is 1. The fourth-order valence-electron chi connectivity index (χ4n) is 14.2. The van der Waals surface area contributed by atoms with E-state index in [1.165, 1.54) is 78.2 Å². The summed E-state index contributed by atoms with van der Waals surface area (Å²) in [6, 6.07) is 87.9. The first-order chi connectivity index (χ1) is 49.9. The van der Waals surface area contributed by atoms with Gasteiger partial charge in [0.15, 0.2) is 0 Å². The van der Waals surface area contributed by atoms with Crippen molar-refractivity contribution < 1.29 is 32.5 Å². The number of halogens is 2. The Morgan fingerprint density at radius 3 is 1.23 bits per heavy atom. The summed E-state index contributed by atoms with van der Waals surface area (Å²) in [4.78, 5) is 32.6. The zero-order valence-corrected chi connectivity index (χ0v) is 60.2. The summed E-state index contributed by atoms with van der Waals surface area (Å²) in [5, 5.41) is 29.8. The van der Waals surface area contributed by atoms with Crippen LogP contribution < -0.4 is 4.74 Å². The van der Waals surface area contributed by atoms with Crippen molar-refractivity contribution in [3.63, 3.8) is 0 Å². The third-order valence-corrected chi connectivity index (χ3v) is 19.0. The van der Waals surface area contributed by atoms with Crippen molar-refractivity contribution in [2.45, 2.75) is 35.1 Å². The molecule has 9 aromatic heterocycles. The summed E-state index contributed by atoms with van der Waals surface area (Å²) in [5.41, 5.74) is 18.2. The first-order valence-corrected chi connectivity index (χ1v) is 36.7. The molecule has 10 aromatic carbocycles. The number of aromatic hydroxyl groups is 1. The number of rotatable bonds is 7. The molecule has 0 aliphatic carbocycles. The van der Waals surface area contributed by atoms with Gasteiger partial charge in [-0.05, 0) is 182 Å². The molecule has 16 heteroatoms. The molecule has 0 fully saturated rings. The Kier molecular flexibility index (Phi) is 19.7. The van der Waals surface area contributed by atoms with E-state index in [9.17, 15) is 9.90 Å². The molecular formula is C87H66BrCuIN9O4. The summed E-state index contributed by atoms with van der Waals surface area (Å²) < 4.78 is 16.6. The number of imidazole rings is 2. The number of ether oxygens (including phenoxy) is 1. The van der Waals surface area contributed by atoms with Gasteiger partial charge in [-0.25, -0.2) is 29.7 Å². The second-order valence-corrected chi connectivity index (χ2v) is 25.6. The SMILES string of the molecule is Brc1ccc2c3ccccc3n(-c3ccccn3)c2c1.C.Cc1cccc(C)c1-c1cnc2c3cc(O)ccc3c3ccccc3n12.Cc1cccc(C)c1-c1cnc2c3cc(Oc4ccc5c6ccccc6n(-c6ccccn6)c5c4)ccc3c3ccccc3n12.O=C(O)c1ccccn1.[Cu][I]. The second kappa shape index (κ2) is 29.6. The zero-order chi connectivity index (χ0) is 70.1. The Balaban J connectivity index is 0.000000130. The Morgan fingerprint density at radius 1 is 0.388 bits per heavy atom. The first-order valence-electron chi connectivity index (χ1n) is 32.9. The number of fused-ring (bicyclic) bond motifs is 18. The topological polar surface area (TPSA) is 150 Å². The number of aryl methyl sites for hydroxylation is 4. The first kappa shape index (κ1) is 68.6. The van der Waals surface area contributed by atoms with Crippen molar-refractivity contribution in [3.05, 3.63) is 324 Å². The third-order valence-electron chi connectivity index (χ3n) is 18.5. The van der Waals surface area contributed by atoms with Crippen molar-refractivity contribution in [2.24, 2.45) is 0 Å². The number of pyridine rings is 5. The van der Waals surface area contributed by atoms with Gasteiger partial charge < -0.3 is 14.9 Å². The normalized spacial score (nSPS) is 11.1. The van der Waals surface area contributed by atoms with Crippen LogP contribution in [0.4, 0.5) is 0 Å². The van der Waals surface area contributed by atoms with Crippen molar-refractivity contribution >= 4 is 141 Å². The Labute approximate surface area is 621 Å². The van der Waals surface area contributed by atoms with E-state index < -0.39 is 5.97 Å². The maximum atomic E-state index is 10.1. The molecule has 0 saturated heterocycles. The quantitative estimate of drug-likeness (QED) is 0.0903. The molecule has 0 aliphatic rings. The van der Waals surface area contributed by atoms with Crippen LogP contribution in [-0.4, -0.2) is 59.0 Å².